The average Bonchev–Trinajstić information content (AvgIpc) is 3.27. The van der Waals surface area contributed by atoms with Crippen molar-refractivity contribution in [1.82, 2.24) is 15.5 Å². The minimum absolute atomic E-state index is 0.0279. The summed E-state index contributed by atoms with van der Waals surface area (Å²) in [4.78, 5) is 27.8. The fraction of sp³-hybridized carbons (Fsp3) is 0.417. The maximum Gasteiger partial charge on any atom is 0.257 e. The van der Waals surface area contributed by atoms with Crippen LogP contribution in [0.5, 0.6) is 0 Å². The molecule has 0 saturated carbocycles. The van der Waals surface area contributed by atoms with Gasteiger partial charge < -0.3 is 10.6 Å². The Balaban J connectivity index is 1.70. The first-order valence-electron chi connectivity index (χ1n) is 10.7. The molecule has 0 aromatic heterocycles. The highest BCUT2D eigenvalue weighted by Crippen LogP contribution is 2.24. The topological polar surface area (TPSA) is 61.4 Å². The number of carbonyl (C=O) groups excluding carboxylic acids is 2. The van der Waals surface area contributed by atoms with Crippen molar-refractivity contribution in [2.24, 2.45) is 5.92 Å². The van der Waals surface area contributed by atoms with Gasteiger partial charge in [0.25, 0.3) is 5.91 Å². The first-order valence-corrected chi connectivity index (χ1v) is 10.7. The molecule has 2 N–H and O–H groups in total. The van der Waals surface area contributed by atoms with Crippen molar-refractivity contribution in [2.45, 2.75) is 38.8 Å². The third kappa shape index (κ3) is 5.67. The second-order valence-electron chi connectivity index (χ2n) is 8.21. The maximum absolute atomic E-state index is 14.0. The van der Waals surface area contributed by atoms with Gasteiger partial charge in [-0.25, -0.2) is 8.78 Å². The van der Waals surface area contributed by atoms with Gasteiger partial charge in [-0.1, -0.05) is 50.2 Å². The van der Waals surface area contributed by atoms with Gasteiger partial charge in [0.15, 0.2) is 0 Å². The predicted octanol–water partition coefficient (Wildman–Crippen LogP) is 3.67. The molecule has 1 fully saturated rings. The molecule has 1 saturated heterocycles. The lowest BCUT2D eigenvalue weighted by molar-refractivity contribution is -0.124. The Morgan fingerprint density at radius 1 is 0.968 bits per heavy atom. The molecule has 1 aliphatic rings. The number of halogens is 2. The quantitative estimate of drug-likeness (QED) is 0.673. The predicted molar refractivity (Wildman–Crippen MR) is 115 cm³/mol. The summed E-state index contributed by atoms with van der Waals surface area (Å²) in [6.07, 6.45) is 2.24. The van der Waals surface area contributed by atoms with E-state index >= 15 is 0 Å². The molecule has 1 heterocycles. The lowest BCUT2D eigenvalue weighted by atomic mass is 10.0. The minimum atomic E-state index is -0.960. The van der Waals surface area contributed by atoms with Crippen LogP contribution in [0, 0.1) is 17.6 Å². The highest BCUT2D eigenvalue weighted by atomic mass is 19.1. The van der Waals surface area contributed by atoms with Gasteiger partial charge in [0.1, 0.15) is 23.2 Å². The number of likely N-dealkylation sites (tertiary alicyclic amines) is 1. The Morgan fingerprint density at radius 2 is 1.58 bits per heavy atom. The van der Waals surface area contributed by atoms with Crippen LogP contribution in [0.25, 0.3) is 0 Å². The van der Waals surface area contributed by atoms with E-state index in [0.29, 0.717) is 6.54 Å². The number of amides is 2. The molecule has 2 amide bonds. The molecule has 5 nitrogen and oxygen atoms in total. The Labute approximate surface area is 181 Å². The molecule has 1 aliphatic heterocycles. The third-order valence-electron chi connectivity index (χ3n) is 5.66. The summed E-state index contributed by atoms with van der Waals surface area (Å²) in [5, 5.41) is 5.45. The number of nitrogens with one attached hydrogen (secondary N) is 2. The zero-order chi connectivity index (χ0) is 22.4. The molecule has 0 radical (unpaired) electrons. The number of carbonyl (C=O) groups is 2. The van der Waals surface area contributed by atoms with Crippen LogP contribution in [0.1, 0.15) is 48.7 Å². The normalized spacial score (nSPS) is 16.2. The molecule has 7 heteroatoms. The van der Waals surface area contributed by atoms with E-state index in [-0.39, 0.29) is 17.9 Å². The van der Waals surface area contributed by atoms with Gasteiger partial charge in [0.05, 0.1) is 6.04 Å². The van der Waals surface area contributed by atoms with E-state index in [2.05, 4.69) is 15.5 Å². The molecule has 166 valence electrons. The van der Waals surface area contributed by atoms with E-state index in [1.165, 1.54) is 6.07 Å². The molecule has 2 aromatic carbocycles. The van der Waals surface area contributed by atoms with Crippen molar-refractivity contribution in [2.75, 3.05) is 19.6 Å². The van der Waals surface area contributed by atoms with Crippen LogP contribution in [-0.2, 0) is 4.79 Å². The molecule has 0 aliphatic carbocycles. The zero-order valence-corrected chi connectivity index (χ0v) is 17.9. The van der Waals surface area contributed by atoms with Crippen molar-refractivity contribution < 1.29 is 18.4 Å². The first-order chi connectivity index (χ1) is 14.9. The van der Waals surface area contributed by atoms with Gasteiger partial charge in [0, 0.05) is 6.54 Å². The monoisotopic (exact) mass is 429 g/mol. The fourth-order valence-electron chi connectivity index (χ4n) is 3.96. The Bertz CT molecular complexity index is 879. The fourth-order valence-corrected chi connectivity index (χ4v) is 3.96. The van der Waals surface area contributed by atoms with Gasteiger partial charge in [0.2, 0.25) is 5.91 Å². The third-order valence-corrected chi connectivity index (χ3v) is 5.66. The maximum atomic E-state index is 14.0. The lowest BCUT2D eigenvalue weighted by Crippen LogP contribution is -2.51. The van der Waals surface area contributed by atoms with Crippen LogP contribution in [0.15, 0.2) is 48.5 Å². The Hall–Kier alpha value is -2.80. The van der Waals surface area contributed by atoms with Gasteiger partial charge in [-0.05, 0) is 49.5 Å². The summed E-state index contributed by atoms with van der Waals surface area (Å²) in [6.45, 7) is 5.86. The highest BCUT2D eigenvalue weighted by Gasteiger charge is 2.29. The molecule has 31 heavy (non-hydrogen) atoms. The van der Waals surface area contributed by atoms with Crippen LogP contribution < -0.4 is 10.6 Å². The lowest BCUT2D eigenvalue weighted by Gasteiger charge is -2.29. The zero-order valence-electron chi connectivity index (χ0n) is 17.9. The van der Waals surface area contributed by atoms with E-state index in [1.54, 1.807) is 13.8 Å². The van der Waals surface area contributed by atoms with Gasteiger partial charge in [-0.3, -0.25) is 14.5 Å². The molecule has 0 bridgehead atoms. The standard InChI is InChI=1S/C24H29F2N3O2/c1-16(2)22(28-23(30)21-18(25)11-8-12-19(21)26)24(31)27-15-20(29-13-6-7-14-29)17-9-4-3-5-10-17/h3-5,8-12,16,20,22H,6-7,13-15H2,1-2H3,(H,27,31)(H,28,30). The Morgan fingerprint density at radius 3 is 2.16 bits per heavy atom. The minimum Gasteiger partial charge on any atom is -0.352 e. The van der Waals surface area contributed by atoms with E-state index < -0.39 is 29.1 Å². The number of hydrogen-bond donors (Lipinski definition) is 2. The van der Waals surface area contributed by atoms with E-state index in [1.807, 2.05) is 30.3 Å². The van der Waals surface area contributed by atoms with Crippen molar-refractivity contribution >= 4 is 11.8 Å². The van der Waals surface area contributed by atoms with Gasteiger partial charge >= 0.3 is 0 Å². The smallest absolute Gasteiger partial charge is 0.257 e. The summed E-state index contributed by atoms with van der Waals surface area (Å²) < 4.78 is 27.9. The molecule has 3 rings (SSSR count). The first kappa shape index (κ1) is 22.9. The van der Waals surface area contributed by atoms with Crippen molar-refractivity contribution in [1.29, 1.82) is 0 Å². The summed E-state index contributed by atoms with van der Waals surface area (Å²) >= 11 is 0. The summed E-state index contributed by atoms with van der Waals surface area (Å²) in [5.41, 5.74) is 0.434. The van der Waals surface area contributed by atoms with Crippen LogP contribution in [0.3, 0.4) is 0 Å². The number of rotatable bonds is 8. The summed E-state index contributed by atoms with van der Waals surface area (Å²) in [5.74, 6) is -3.50. The summed E-state index contributed by atoms with van der Waals surface area (Å²) in [7, 11) is 0. The van der Waals surface area contributed by atoms with E-state index in [0.717, 1.165) is 43.6 Å². The second kappa shape index (κ2) is 10.5. The molecule has 2 aromatic rings. The van der Waals surface area contributed by atoms with Crippen molar-refractivity contribution in [3.05, 3.63) is 71.3 Å². The molecule has 0 spiro atoms. The van der Waals surface area contributed by atoms with Gasteiger partial charge in [-0.2, -0.15) is 0 Å². The van der Waals surface area contributed by atoms with Crippen LogP contribution in [0.4, 0.5) is 8.78 Å². The number of benzene rings is 2. The SMILES string of the molecule is CC(C)C(NC(=O)c1c(F)cccc1F)C(=O)NCC(c1ccccc1)N1CCCC1. The molecule has 2 unspecified atom stereocenters. The molecular weight excluding hydrogens is 400 g/mol. The van der Waals surface area contributed by atoms with Crippen LogP contribution in [-0.4, -0.2) is 42.4 Å². The Kier molecular flexibility index (Phi) is 7.74. The average molecular weight is 430 g/mol. The number of nitrogens with zero attached hydrogens (tertiary/aromatic N) is 1. The second-order valence-corrected chi connectivity index (χ2v) is 8.21. The van der Waals surface area contributed by atoms with E-state index in [4.69, 9.17) is 0 Å². The highest BCUT2D eigenvalue weighted by molar-refractivity contribution is 5.98. The molecule has 2 atom stereocenters. The number of hydrogen-bond acceptors (Lipinski definition) is 3. The summed E-state index contributed by atoms with van der Waals surface area (Å²) in [6, 6.07) is 12.3. The van der Waals surface area contributed by atoms with Gasteiger partial charge in [-0.15, -0.1) is 0 Å². The van der Waals surface area contributed by atoms with Crippen molar-refractivity contribution in [3.63, 3.8) is 0 Å². The molecular formula is C24H29F2N3O2. The van der Waals surface area contributed by atoms with Crippen molar-refractivity contribution in [3.8, 4) is 0 Å². The largest absolute Gasteiger partial charge is 0.352 e. The van der Waals surface area contributed by atoms with Crippen LogP contribution >= 0.6 is 0 Å². The van der Waals surface area contributed by atoms with Crippen LogP contribution in [0.2, 0.25) is 0 Å². The van der Waals surface area contributed by atoms with E-state index in [9.17, 15) is 18.4 Å².